The summed E-state index contributed by atoms with van der Waals surface area (Å²) >= 11 is 0. The van der Waals surface area contributed by atoms with Crippen LogP contribution >= 0.6 is 7.82 Å². The normalized spacial score (nSPS) is 16.7. The van der Waals surface area contributed by atoms with E-state index in [4.69, 9.17) is 10.2 Å². The van der Waals surface area contributed by atoms with Gasteiger partial charge in [-0.05, 0) is 0 Å². The molecule has 0 fully saturated rings. The molecule has 0 aliphatic heterocycles. The third-order valence-electron chi connectivity index (χ3n) is 1.39. The van der Waals surface area contributed by atoms with Gasteiger partial charge in [0.1, 0.15) is 19.8 Å². The number of quaternary nitrogens is 1. The van der Waals surface area contributed by atoms with Gasteiger partial charge in [0, 0.05) is 0 Å². The summed E-state index contributed by atoms with van der Waals surface area (Å²) < 4.78 is 20.2. The van der Waals surface area contributed by atoms with Gasteiger partial charge in [-0.2, -0.15) is 0 Å². The fourth-order valence-corrected chi connectivity index (χ4v) is 1.32. The molecule has 0 spiro atoms. The van der Waals surface area contributed by atoms with Crippen LogP contribution in [0.5, 0.6) is 0 Å². The standard InChI is InChI=1S/C7H18NO6P/c1-8(2,3)4-5-13-15(11,12)14-6-7(9)10/h7,9-10H,4-6H2,1-3H3. The highest BCUT2D eigenvalue weighted by atomic mass is 31.2. The first-order valence-corrected chi connectivity index (χ1v) is 5.85. The first-order chi connectivity index (χ1) is 6.62. The van der Waals surface area contributed by atoms with E-state index in [-0.39, 0.29) is 6.61 Å². The van der Waals surface area contributed by atoms with Crippen molar-refractivity contribution in [2.24, 2.45) is 0 Å². The molecule has 0 bridgehead atoms. The zero-order valence-electron chi connectivity index (χ0n) is 9.12. The summed E-state index contributed by atoms with van der Waals surface area (Å²) in [6, 6.07) is 0. The Morgan fingerprint density at radius 1 is 1.33 bits per heavy atom. The molecular formula is C7H18NO6P. The lowest BCUT2D eigenvalue weighted by Crippen LogP contribution is -2.37. The van der Waals surface area contributed by atoms with E-state index in [0.29, 0.717) is 11.0 Å². The molecule has 0 saturated carbocycles. The second-order valence-electron chi connectivity index (χ2n) is 4.07. The van der Waals surface area contributed by atoms with E-state index in [1.54, 1.807) is 0 Å². The first-order valence-electron chi connectivity index (χ1n) is 4.39. The molecular weight excluding hydrogens is 225 g/mol. The van der Waals surface area contributed by atoms with E-state index in [1.165, 1.54) is 0 Å². The highest BCUT2D eigenvalue weighted by Gasteiger charge is 2.14. The van der Waals surface area contributed by atoms with Crippen molar-refractivity contribution in [3.8, 4) is 0 Å². The van der Waals surface area contributed by atoms with E-state index in [9.17, 15) is 9.46 Å². The smallest absolute Gasteiger partial charge is 0.268 e. The Hall–Kier alpha value is -0.0100. The van der Waals surface area contributed by atoms with Crippen molar-refractivity contribution in [2.45, 2.75) is 6.29 Å². The number of aliphatic hydroxyl groups is 2. The average Bonchev–Trinajstić information content (AvgIpc) is 1.98. The van der Waals surface area contributed by atoms with Crippen molar-refractivity contribution < 1.29 is 33.2 Å². The number of hydrogen-bond acceptors (Lipinski definition) is 6. The summed E-state index contributed by atoms with van der Waals surface area (Å²) in [7, 11) is 1.25. The molecule has 0 saturated heterocycles. The summed E-state index contributed by atoms with van der Waals surface area (Å²) in [5.74, 6) is 0. The van der Waals surface area contributed by atoms with Crippen LogP contribution in [0.1, 0.15) is 0 Å². The molecule has 0 amide bonds. The highest BCUT2D eigenvalue weighted by molar-refractivity contribution is 7.45. The predicted molar refractivity (Wildman–Crippen MR) is 50.6 cm³/mol. The Balaban J connectivity index is 3.79. The number of hydrogen-bond donors (Lipinski definition) is 2. The van der Waals surface area contributed by atoms with Crippen molar-refractivity contribution in [3.05, 3.63) is 0 Å². The first kappa shape index (κ1) is 15.0. The Morgan fingerprint density at radius 3 is 2.27 bits per heavy atom. The molecule has 0 aromatic rings. The minimum atomic E-state index is -4.41. The molecule has 1 atom stereocenters. The van der Waals surface area contributed by atoms with Crippen molar-refractivity contribution in [2.75, 3.05) is 40.9 Å². The molecule has 0 aliphatic rings. The number of likely N-dealkylation sites (N-methyl/N-ethyl adjacent to an activating group) is 1. The van der Waals surface area contributed by atoms with Gasteiger partial charge in [-0.3, -0.25) is 4.57 Å². The SMILES string of the molecule is C[N+](C)(C)CCOP(=O)([O-])OCC(O)O. The molecule has 0 aliphatic carbocycles. The fraction of sp³-hybridized carbons (Fsp3) is 1.00. The van der Waals surface area contributed by atoms with Crippen molar-refractivity contribution in [1.29, 1.82) is 0 Å². The Kier molecular flexibility index (Phi) is 5.90. The van der Waals surface area contributed by atoms with Crippen molar-refractivity contribution >= 4 is 7.82 Å². The van der Waals surface area contributed by atoms with E-state index < -0.39 is 20.7 Å². The zero-order chi connectivity index (χ0) is 12.1. The van der Waals surface area contributed by atoms with Gasteiger partial charge >= 0.3 is 0 Å². The minimum Gasteiger partial charge on any atom is -0.756 e. The molecule has 2 N–H and O–H groups in total. The van der Waals surface area contributed by atoms with E-state index >= 15 is 0 Å². The molecule has 92 valence electrons. The van der Waals surface area contributed by atoms with Crippen LogP contribution in [0.3, 0.4) is 0 Å². The van der Waals surface area contributed by atoms with Gasteiger partial charge in [0.2, 0.25) is 0 Å². The monoisotopic (exact) mass is 243 g/mol. The van der Waals surface area contributed by atoms with Crippen LogP contribution in [0.25, 0.3) is 0 Å². The van der Waals surface area contributed by atoms with Crippen LogP contribution in [0.4, 0.5) is 0 Å². The zero-order valence-corrected chi connectivity index (χ0v) is 10.0. The van der Waals surface area contributed by atoms with Gasteiger partial charge in [-0.1, -0.05) is 0 Å². The van der Waals surface area contributed by atoms with Crippen LogP contribution in [-0.4, -0.2) is 61.9 Å². The summed E-state index contributed by atoms with van der Waals surface area (Å²) in [6.45, 7) is -0.228. The van der Waals surface area contributed by atoms with Crippen LogP contribution < -0.4 is 4.89 Å². The molecule has 0 heterocycles. The number of nitrogens with zero attached hydrogens (tertiary/aromatic N) is 1. The molecule has 1 unspecified atom stereocenters. The minimum absolute atomic E-state index is 0.00813. The average molecular weight is 243 g/mol. The lowest BCUT2D eigenvalue weighted by Gasteiger charge is -2.27. The number of phosphoric ester groups is 1. The molecule has 0 aromatic heterocycles. The third-order valence-corrected chi connectivity index (χ3v) is 2.36. The lowest BCUT2D eigenvalue weighted by atomic mass is 10.5. The van der Waals surface area contributed by atoms with E-state index in [2.05, 4.69) is 9.05 Å². The maximum Gasteiger partial charge on any atom is 0.268 e. The Bertz CT molecular complexity index is 226. The van der Waals surface area contributed by atoms with Crippen molar-refractivity contribution in [3.63, 3.8) is 0 Å². The molecule has 15 heavy (non-hydrogen) atoms. The van der Waals surface area contributed by atoms with Crippen LogP contribution in [0, 0.1) is 0 Å². The van der Waals surface area contributed by atoms with Gasteiger partial charge in [-0.15, -0.1) is 0 Å². The maximum absolute atomic E-state index is 11.0. The van der Waals surface area contributed by atoms with Gasteiger partial charge in [0.05, 0.1) is 21.1 Å². The molecule has 0 aromatic carbocycles. The highest BCUT2D eigenvalue weighted by Crippen LogP contribution is 2.37. The van der Waals surface area contributed by atoms with Crippen LogP contribution in [0.15, 0.2) is 0 Å². The maximum atomic E-state index is 11.0. The van der Waals surface area contributed by atoms with Gasteiger partial charge in [0.25, 0.3) is 7.82 Å². The topological polar surface area (TPSA) is 99.1 Å². The van der Waals surface area contributed by atoms with Crippen molar-refractivity contribution in [1.82, 2.24) is 0 Å². The van der Waals surface area contributed by atoms with Crippen LogP contribution in [0.2, 0.25) is 0 Å². The molecule has 8 heteroatoms. The van der Waals surface area contributed by atoms with Crippen LogP contribution in [-0.2, 0) is 13.6 Å². The van der Waals surface area contributed by atoms with Gasteiger partial charge in [0.15, 0.2) is 6.29 Å². The van der Waals surface area contributed by atoms with Gasteiger partial charge in [-0.25, -0.2) is 0 Å². The predicted octanol–water partition coefficient (Wildman–Crippen LogP) is -1.50. The Labute approximate surface area is 89.1 Å². The third kappa shape index (κ3) is 10.3. The summed E-state index contributed by atoms with van der Waals surface area (Å²) in [5.41, 5.74) is 0. The molecule has 7 nitrogen and oxygen atoms in total. The second kappa shape index (κ2) is 5.91. The summed E-state index contributed by atoms with van der Waals surface area (Å²) in [6.07, 6.45) is -1.82. The quantitative estimate of drug-likeness (QED) is 0.321. The number of rotatable bonds is 7. The fourth-order valence-electron chi connectivity index (χ4n) is 0.622. The lowest BCUT2D eigenvalue weighted by molar-refractivity contribution is -0.870. The largest absolute Gasteiger partial charge is 0.756 e. The molecule has 0 rings (SSSR count). The second-order valence-corrected chi connectivity index (χ2v) is 5.48. The Morgan fingerprint density at radius 2 is 1.87 bits per heavy atom. The summed E-state index contributed by atoms with van der Waals surface area (Å²) in [4.78, 5) is 11.0. The van der Waals surface area contributed by atoms with Gasteiger partial charge < -0.3 is 28.6 Å². The number of phosphoric acid groups is 1. The number of aliphatic hydroxyl groups excluding tert-OH is 1. The van der Waals surface area contributed by atoms with E-state index in [1.807, 2.05) is 21.1 Å². The molecule has 0 radical (unpaired) electrons. The summed E-state index contributed by atoms with van der Waals surface area (Å²) in [5, 5.41) is 16.8. The van der Waals surface area contributed by atoms with E-state index in [0.717, 1.165) is 0 Å².